The van der Waals surface area contributed by atoms with Gasteiger partial charge in [0.15, 0.2) is 0 Å². The van der Waals surface area contributed by atoms with Crippen molar-refractivity contribution in [2.75, 3.05) is 33.0 Å². The van der Waals surface area contributed by atoms with Crippen molar-refractivity contribution in [3.05, 3.63) is 58.7 Å². The molecular formula is C45H75F3O6. The summed E-state index contributed by atoms with van der Waals surface area (Å²) in [5.41, 5.74) is 6.46. The Balaban J connectivity index is 0.000000372. The number of aliphatic carboxylic acids is 1. The lowest BCUT2D eigenvalue weighted by atomic mass is 9.71. The van der Waals surface area contributed by atoms with Gasteiger partial charge in [-0.05, 0) is 119 Å². The maximum atomic E-state index is 10.5. The van der Waals surface area contributed by atoms with Crippen molar-refractivity contribution in [1.29, 1.82) is 0 Å². The highest BCUT2D eigenvalue weighted by Crippen LogP contribution is 2.65. The van der Waals surface area contributed by atoms with E-state index in [2.05, 4.69) is 81.4 Å². The van der Waals surface area contributed by atoms with Gasteiger partial charge in [0.05, 0.1) is 38.6 Å². The summed E-state index contributed by atoms with van der Waals surface area (Å²) in [6.45, 7) is 25.4. The Morgan fingerprint density at radius 2 is 1.48 bits per heavy atom. The highest BCUT2D eigenvalue weighted by molar-refractivity contribution is 5.81. The normalized spacial score (nSPS) is 28.4. The van der Waals surface area contributed by atoms with Crippen LogP contribution in [0.25, 0.3) is 0 Å². The van der Waals surface area contributed by atoms with Crippen LogP contribution < -0.4 is 0 Å². The smallest absolute Gasteiger partial charge is 0.379 e. The lowest BCUT2D eigenvalue weighted by Gasteiger charge is -2.34. The van der Waals surface area contributed by atoms with Gasteiger partial charge in [-0.1, -0.05) is 96.4 Å². The van der Waals surface area contributed by atoms with Crippen LogP contribution in [0.5, 0.6) is 0 Å². The third-order valence-corrected chi connectivity index (χ3v) is 11.5. The molecule has 0 aromatic heterocycles. The Labute approximate surface area is 326 Å². The van der Waals surface area contributed by atoms with Gasteiger partial charge >= 0.3 is 12.6 Å². The fraction of sp³-hybridized carbons (Fsp3) is 0.756. The first-order valence-corrected chi connectivity index (χ1v) is 20.3. The van der Waals surface area contributed by atoms with E-state index in [0.29, 0.717) is 29.1 Å². The maximum Gasteiger partial charge on any atom is 0.379 e. The summed E-state index contributed by atoms with van der Waals surface area (Å²) in [7, 11) is 0. The van der Waals surface area contributed by atoms with Gasteiger partial charge in [0, 0.05) is 12.7 Å². The van der Waals surface area contributed by atoms with Crippen molar-refractivity contribution in [2.24, 2.45) is 22.2 Å². The molecule has 6 nitrogen and oxygen atoms in total. The molecule has 312 valence electrons. The molecule has 2 bridgehead atoms. The van der Waals surface area contributed by atoms with Crippen LogP contribution in [-0.2, 0) is 23.7 Å². The van der Waals surface area contributed by atoms with Gasteiger partial charge in [-0.2, -0.15) is 13.2 Å². The third-order valence-electron chi connectivity index (χ3n) is 11.5. The lowest BCUT2D eigenvalue weighted by Crippen LogP contribution is -2.26. The largest absolute Gasteiger partial charge is 0.478 e. The zero-order valence-corrected chi connectivity index (χ0v) is 35.6. The number of unbranched alkanes of at least 4 members (excludes halogenated alkanes) is 1. The van der Waals surface area contributed by atoms with Crippen LogP contribution in [-0.4, -0.2) is 69.1 Å². The Bertz CT molecular complexity index is 1220. The molecule has 5 fully saturated rings. The number of alkyl halides is 3. The summed E-state index contributed by atoms with van der Waals surface area (Å²) in [6.07, 6.45) is 26.2. The highest BCUT2D eigenvalue weighted by atomic mass is 19.4. The second-order valence-corrected chi connectivity index (χ2v) is 17.0. The van der Waals surface area contributed by atoms with E-state index in [4.69, 9.17) is 24.1 Å². The number of hydrogen-bond acceptors (Lipinski definition) is 5. The SMILES string of the molecule is CC12CCC(CC1)C2(C)C.CC1=C(/C=C/C(C)=C/C=C/C(C)=C\C(=O)O)C(C)(C)CCC1.CC1CO1.CCC1CO1.CCCCOCC1CO1.FC(F)F. The predicted octanol–water partition coefficient (Wildman–Crippen LogP) is 12.4. The van der Waals surface area contributed by atoms with E-state index in [1.165, 1.54) is 81.4 Å². The highest BCUT2D eigenvalue weighted by Gasteiger charge is 2.55. The van der Waals surface area contributed by atoms with Crippen LogP contribution in [0.15, 0.2) is 58.7 Å². The van der Waals surface area contributed by atoms with Crippen LogP contribution in [0, 0.1) is 22.2 Å². The average molecular weight is 769 g/mol. The molecule has 2 saturated carbocycles. The first-order valence-electron chi connectivity index (χ1n) is 20.3. The number of hydrogen-bond donors (Lipinski definition) is 1. The van der Waals surface area contributed by atoms with Gasteiger partial charge in [-0.15, -0.1) is 0 Å². The molecular weight excluding hydrogens is 693 g/mol. The van der Waals surface area contributed by atoms with E-state index >= 15 is 0 Å². The average Bonchev–Trinajstić information content (AvgIpc) is 3.96. The molecule has 54 heavy (non-hydrogen) atoms. The van der Waals surface area contributed by atoms with Crippen molar-refractivity contribution >= 4 is 5.97 Å². The molecule has 9 heteroatoms. The minimum atomic E-state index is -3.67. The fourth-order valence-corrected chi connectivity index (χ4v) is 7.01. The number of fused-ring (bicyclic) bond motifs is 2. The van der Waals surface area contributed by atoms with Gasteiger partial charge in [0.2, 0.25) is 0 Å². The van der Waals surface area contributed by atoms with E-state index in [-0.39, 0.29) is 5.41 Å². The molecule has 3 aliphatic carbocycles. The number of allylic oxidation sites excluding steroid dienone is 9. The summed E-state index contributed by atoms with van der Waals surface area (Å²) in [5, 5.41) is 8.65. The van der Waals surface area contributed by atoms with E-state index in [1.54, 1.807) is 13.0 Å². The second-order valence-electron chi connectivity index (χ2n) is 17.0. The van der Waals surface area contributed by atoms with Crippen molar-refractivity contribution in [1.82, 2.24) is 0 Å². The number of rotatable bonds is 11. The second kappa shape index (κ2) is 25.1. The Kier molecular flexibility index (Phi) is 23.2. The van der Waals surface area contributed by atoms with Crippen molar-refractivity contribution in [2.45, 2.75) is 165 Å². The van der Waals surface area contributed by atoms with Gasteiger partial charge in [0.1, 0.15) is 6.10 Å². The molecule has 6 aliphatic rings. The van der Waals surface area contributed by atoms with Crippen LogP contribution in [0.3, 0.4) is 0 Å². The Hall–Kier alpha value is -2.20. The molecule has 3 unspecified atom stereocenters. The van der Waals surface area contributed by atoms with E-state index in [1.807, 2.05) is 12.2 Å². The van der Waals surface area contributed by atoms with Crippen molar-refractivity contribution in [3.8, 4) is 0 Å². The van der Waals surface area contributed by atoms with E-state index < -0.39 is 12.6 Å². The third kappa shape index (κ3) is 21.8. The molecule has 0 radical (unpaired) electrons. The van der Waals surface area contributed by atoms with Gasteiger partial charge in [0.25, 0.3) is 0 Å². The molecule has 0 spiro atoms. The van der Waals surface area contributed by atoms with E-state index in [9.17, 15) is 18.0 Å². The number of ether oxygens (including phenoxy) is 4. The topological polar surface area (TPSA) is 84.1 Å². The summed E-state index contributed by atoms with van der Waals surface area (Å²) < 4.78 is 48.8. The van der Waals surface area contributed by atoms with Crippen LogP contribution >= 0.6 is 0 Å². The van der Waals surface area contributed by atoms with Crippen molar-refractivity contribution < 1.29 is 42.0 Å². The zero-order valence-electron chi connectivity index (χ0n) is 35.6. The summed E-state index contributed by atoms with van der Waals surface area (Å²) in [6, 6.07) is 0. The summed E-state index contributed by atoms with van der Waals surface area (Å²) >= 11 is 0. The van der Waals surface area contributed by atoms with Crippen LogP contribution in [0.2, 0.25) is 0 Å². The number of carboxylic acids is 1. The number of carboxylic acid groups (broad SMARTS) is 1. The molecule has 6 rings (SSSR count). The number of carbonyl (C=O) groups is 1. The van der Waals surface area contributed by atoms with Gasteiger partial charge in [-0.3, -0.25) is 0 Å². The van der Waals surface area contributed by atoms with Crippen LogP contribution in [0.1, 0.15) is 140 Å². The molecule has 3 aliphatic heterocycles. The molecule has 3 saturated heterocycles. The summed E-state index contributed by atoms with van der Waals surface area (Å²) in [5.74, 6) is 0.141. The molecule has 0 amide bonds. The van der Waals surface area contributed by atoms with Crippen LogP contribution in [0.4, 0.5) is 13.2 Å². The molecule has 3 atom stereocenters. The minimum absolute atomic E-state index is 0.260. The molecule has 0 aromatic carbocycles. The Morgan fingerprint density at radius 3 is 1.83 bits per heavy atom. The monoisotopic (exact) mass is 769 g/mol. The Morgan fingerprint density at radius 1 is 0.926 bits per heavy atom. The maximum absolute atomic E-state index is 10.5. The molecule has 1 N–H and O–H groups in total. The first-order chi connectivity index (χ1) is 25.3. The lowest BCUT2D eigenvalue weighted by molar-refractivity contribution is -0.131. The summed E-state index contributed by atoms with van der Waals surface area (Å²) in [4.78, 5) is 10.5. The van der Waals surface area contributed by atoms with Gasteiger partial charge < -0.3 is 24.1 Å². The fourth-order valence-electron chi connectivity index (χ4n) is 7.01. The minimum Gasteiger partial charge on any atom is -0.478 e. The van der Waals surface area contributed by atoms with Crippen molar-refractivity contribution in [3.63, 3.8) is 0 Å². The van der Waals surface area contributed by atoms with Gasteiger partial charge in [-0.25, -0.2) is 4.79 Å². The molecule has 0 aromatic rings. The first kappa shape index (κ1) is 49.8. The number of halogens is 3. The zero-order chi connectivity index (χ0) is 41.0. The standard InChI is InChI=1S/C20H28O2.C10H18.C7H14O2.C4H8O.C3H6O.CHF3/c1-15(8-6-9-16(2)14-19(21)22)11-12-18-17(3)10-7-13-20(18,4)5;1-9(2)8-4-6-10(9,3)7-5-8;1-2-3-4-8-5-7-6-9-7;1-2-4-3-5-4;1-3-2-4-3;2-1(3)4/h6,8-9,11-12,14H,7,10,13H2,1-5H3,(H,21,22);8H,4-7H2,1-3H3;7H,2-6H2,1H3;4H,2-3H2,1H3;3H,2H2,1H3;1H/b9-6+,12-11+,15-8+,16-14-;;;;;. The van der Waals surface area contributed by atoms with E-state index in [0.717, 1.165) is 50.1 Å². The quantitative estimate of drug-likeness (QED) is 0.0975. The number of epoxide rings is 3. The molecule has 3 heterocycles. The predicted molar refractivity (Wildman–Crippen MR) is 216 cm³/mol.